The first-order valence-electron chi connectivity index (χ1n) is 6.47. The van der Waals surface area contributed by atoms with Crippen LogP contribution in [0.5, 0.6) is 5.75 Å². The average Bonchev–Trinajstić information content (AvgIpc) is 2.43. The van der Waals surface area contributed by atoms with Crippen molar-refractivity contribution in [1.29, 1.82) is 0 Å². The maximum absolute atomic E-state index is 13.1. The van der Waals surface area contributed by atoms with E-state index in [0.717, 1.165) is 18.2 Å². The third kappa shape index (κ3) is 3.42. The van der Waals surface area contributed by atoms with E-state index in [0.29, 0.717) is 11.1 Å². The zero-order chi connectivity index (χ0) is 17.4. The molecule has 8 heteroatoms. The number of nitrogens with one attached hydrogen (secondary N) is 1. The Morgan fingerprint density at radius 2 is 1.83 bits per heavy atom. The number of phenols is 1. The normalized spacial score (nSPS) is 11.3. The van der Waals surface area contributed by atoms with Crippen LogP contribution < -0.4 is 4.72 Å². The lowest BCUT2D eigenvalue weighted by atomic mass is 10.1. The van der Waals surface area contributed by atoms with Crippen molar-refractivity contribution in [2.24, 2.45) is 0 Å². The molecule has 0 aliphatic heterocycles. The van der Waals surface area contributed by atoms with Crippen LogP contribution in [0.4, 0.5) is 10.1 Å². The van der Waals surface area contributed by atoms with Gasteiger partial charge in [-0.3, -0.25) is 4.72 Å². The Kier molecular flexibility index (Phi) is 4.28. The minimum atomic E-state index is -4.24. The molecule has 0 aromatic heterocycles. The molecule has 3 N–H and O–H groups in total. The van der Waals surface area contributed by atoms with Crippen LogP contribution >= 0.6 is 0 Å². The molecular formula is C15H14FNO5S. The molecule has 0 radical (unpaired) electrons. The highest BCUT2D eigenvalue weighted by Crippen LogP contribution is 2.30. The van der Waals surface area contributed by atoms with Crippen molar-refractivity contribution in [3.8, 4) is 5.75 Å². The van der Waals surface area contributed by atoms with Crippen molar-refractivity contribution in [3.63, 3.8) is 0 Å². The molecule has 0 saturated carbocycles. The summed E-state index contributed by atoms with van der Waals surface area (Å²) in [4.78, 5) is 10.5. The minimum absolute atomic E-state index is 0.129. The highest BCUT2D eigenvalue weighted by Gasteiger charge is 2.24. The first-order valence-corrected chi connectivity index (χ1v) is 7.96. The van der Waals surface area contributed by atoms with Crippen LogP contribution in [0.25, 0.3) is 0 Å². The lowest BCUT2D eigenvalue weighted by Crippen LogP contribution is -2.15. The molecule has 0 bridgehead atoms. The van der Waals surface area contributed by atoms with Crippen LogP contribution in [-0.4, -0.2) is 24.6 Å². The van der Waals surface area contributed by atoms with Crippen molar-refractivity contribution in [2.45, 2.75) is 18.7 Å². The quantitative estimate of drug-likeness (QED) is 0.794. The van der Waals surface area contributed by atoms with Gasteiger partial charge >= 0.3 is 5.97 Å². The van der Waals surface area contributed by atoms with Crippen molar-refractivity contribution >= 4 is 21.7 Å². The van der Waals surface area contributed by atoms with Gasteiger partial charge in [-0.2, -0.15) is 0 Å². The molecule has 0 amide bonds. The smallest absolute Gasteiger partial charge is 0.339 e. The van der Waals surface area contributed by atoms with E-state index in [1.807, 2.05) is 0 Å². The number of aromatic carboxylic acids is 1. The van der Waals surface area contributed by atoms with Gasteiger partial charge in [-0.15, -0.1) is 0 Å². The second kappa shape index (κ2) is 5.88. The van der Waals surface area contributed by atoms with Crippen LogP contribution in [0.2, 0.25) is 0 Å². The minimum Gasteiger partial charge on any atom is -0.506 e. The topological polar surface area (TPSA) is 104 Å². The molecule has 0 saturated heterocycles. The maximum Gasteiger partial charge on any atom is 0.339 e. The van der Waals surface area contributed by atoms with Crippen LogP contribution in [0.3, 0.4) is 0 Å². The summed E-state index contributed by atoms with van der Waals surface area (Å²) in [5, 5.41) is 19.0. The van der Waals surface area contributed by atoms with Gasteiger partial charge < -0.3 is 10.2 Å². The van der Waals surface area contributed by atoms with E-state index >= 15 is 0 Å². The van der Waals surface area contributed by atoms with Gasteiger partial charge in [-0.1, -0.05) is 0 Å². The van der Waals surface area contributed by atoms with E-state index in [4.69, 9.17) is 5.11 Å². The number of hydrogen-bond donors (Lipinski definition) is 3. The van der Waals surface area contributed by atoms with Gasteiger partial charge in [0.05, 0.1) is 5.69 Å². The molecule has 0 unspecified atom stereocenters. The van der Waals surface area contributed by atoms with E-state index in [1.165, 1.54) is 26.0 Å². The predicted octanol–water partition coefficient (Wildman–Crippen LogP) is 2.65. The molecule has 0 aliphatic carbocycles. The number of anilines is 1. The zero-order valence-corrected chi connectivity index (χ0v) is 13.1. The van der Waals surface area contributed by atoms with Crippen molar-refractivity contribution in [3.05, 3.63) is 52.8 Å². The molecule has 2 rings (SSSR count). The molecule has 122 valence electrons. The van der Waals surface area contributed by atoms with Gasteiger partial charge in [-0.25, -0.2) is 17.6 Å². The standard InChI is InChI=1S/C15H14FNO5S/c1-8-5-11(15(19)20)14(18)13(6-8)23(21,22)17-12-4-3-10(16)7-9(12)2/h3-7,17-18H,1-2H3,(H,19,20). The number of aryl methyl sites for hydroxylation is 2. The molecule has 2 aromatic rings. The summed E-state index contributed by atoms with van der Waals surface area (Å²) in [6.07, 6.45) is 0. The number of carboxylic acid groups (broad SMARTS) is 1. The van der Waals surface area contributed by atoms with E-state index in [2.05, 4.69) is 4.72 Å². The SMILES string of the molecule is Cc1cc(C(=O)O)c(O)c(S(=O)(=O)Nc2ccc(F)cc2C)c1. The molecule has 2 aromatic carbocycles. The summed E-state index contributed by atoms with van der Waals surface area (Å²) in [6.45, 7) is 3.02. The van der Waals surface area contributed by atoms with Crippen molar-refractivity contribution in [2.75, 3.05) is 4.72 Å². The van der Waals surface area contributed by atoms with Gasteiger partial charge in [-0.05, 0) is 55.3 Å². The zero-order valence-electron chi connectivity index (χ0n) is 12.3. The van der Waals surface area contributed by atoms with Crippen LogP contribution in [-0.2, 0) is 10.0 Å². The highest BCUT2D eigenvalue weighted by atomic mass is 32.2. The summed E-state index contributed by atoms with van der Waals surface area (Å²) in [6, 6.07) is 5.80. The first kappa shape index (κ1) is 16.8. The van der Waals surface area contributed by atoms with Gasteiger partial charge in [0.25, 0.3) is 10.0 Å². The summed E-state index contributed by atoms with van der Waals surface area (Å²) < 4.78 is 40.2. The first-order chi connectivity index (χ1) is 10.6. The van der Waals surface area contributed by atoms with Crippen LogP contribution in [0, 0.1) is 19.7 Å². The van der Waals surface area contributed by atoms with Crippen molar-refractivity contribution in [1.82, 2.24) is 0 Å². The number of aromatic hydroxyl groups is 1. The third-order valence-electron chi connectivity index (χ3n) is 3.17. The summed E-state index contributed by atoms with van der Waals surface area (Å²) in [5.41, 5.74) is 0.320. The molecule has 0 spiro atoms. The number of halogens is 1. The monoisotopic (exact) mass is 339 g/mol. The van der Waals surface area contributed by atoms with Crippen LogP contribution in [0.1, 0.15) is 21.5 Å². The fraction of sp³-hybridized carbons (Fsp3) is 0.133. The molecule has 0 fully saturated rings. The van der Waals surface area contributed by atoms with Gasteiger partial charge in [0, 0.05) is 0 Å². The Hall–Kier alpha value is -2.61. The fourth-order valence-corrected chi connectivity index (χ4v) is 3.39. The van der Waals surface area contributed by atoms with Crippen molar-refractivity contribution < 1.29 is 27.8 Å². The summed E-state index contributed by atoms with van der Waals surface area (Å²) in [7, 11) is -4.24. The van der Waals surface area contributed by atoms with E-state index in [9.17, 15) is 22.7 Å². The van der Waals surface area contributed by atoms with E-state index < -0.39 is 38.0 Å². The van der Waals surface area contributed by atoms with Gasteiger partial charge in [0.1, 0.15) is 16.3 Å². The second-order valence-corrected chi connectivity index (χ2v) is 6.68. The Morgan fingerprint density at radius 1 is 1.17 bits per heavy atom. The Balaban J connectivity index is 2.54. The lowest BCUT2D eigenvalue weighted by molar-refractivity contribution is 0.0693. The summed E-state index contributed by atoms with van der Waals surface area (Å²) >= 11 is 0. The highest BCUT2D eigenvalue weighted by molar-refractivity contribution is 7.92. The fourth-order valence-electron chi connectivity index (χ4n) is 2.05. The molecule has 23 heavy (non-hydrogen) atoms. The molecular weight excluding hydrogens is 325 g/mol. The molecule has 0 heterocycles. The summed E-state index contributed by atoms with van der Waals surface area (Å²) in [5.74, 6) is -2.81. The number of carbonyl (C=O) groups is 1. The largest absolute Gasteiger partial charge is 0.506 e. The third-order valence-corrected chi connectivity index (χ3v) is 4.55. The number of rotatable bonds is 4. The average molecular weight is 339 g/mol. The van der Waals surface area contributed by atoms with Crippen LogP contribution in [0.15, 0.2) is 35.2 Å². The predicted molar refractivity (Wildman–Crippen MR) is 81.7 cm³/mol. The second-order valence-electron chi connectivity index (χ2n) is 5.03. The maximum atomic E-state index is 13.1. The Morgan fingerprint density at radius 3 is 2.39 bits per heavy atom. The van der Waals surface area contributed by atoms with Gasteiger partial charge in [0.15, 0.2) is 5.75 Å². The Labute approximate surface area is 132 Å². The van der Waals surface area contributed by atoms with E-state index in [-0.39, 0.29) is 5.69 Å². The number of sulfonamides is 1. The number of carboxylic acids is 1. The number of benzene rings is 2. The molecule has 0 aliphatic rings. The molecule has 0 atom stereocenters. The number of hydrogen-bond acceptors (Lipinski definition) is 4. The lowest BCUT2D eigenvalue weighted by Gasteiger charge is -2.13. The Bertz CT molecular complexity index is 893. The molecule has 6 nitrogen and oxygen atoms in total. The van der Waals surface area contributed by atoms with Gasteiger partial charge in [0.2, 0.25) is 0 Å². The van der Waals surface area contributed by atoms with E-state index in [1.54, 1.807) is 0 Å².